The third-order valence-electron chi connectivity index (χ3n) is 6.38. The van der Waals surface area contributed by atoms with Gasteiger partial charge in [-0.2, -0.15) is 5.10 Å². The number of carbonyl (C=O) groups is 1. The molecule has 0 saturated carbocycles. The molecule has 2 aromatic rings. The number of amides is 1. The maximum absolute atomic E-state index is 12.9. The second-order valence-corrected chi connectivity index (χ2v) is 8.86. The normalized spacial score (nSPS) is 22.0. The summed E-state index contributed by atoms with van der Waals surface area (Å²) < 4.78 is 0. The number of nitrogens with zero attached hydrogens (tertiary/aromatic N) is 4. The number of aromatic nitrogens is 3. The number of hydrogen-bond acceptors (Lipinski definition) is 5. The minimum atomic E-state index is -0.891. The molecule has 1 aromatic carbocycles. The van der Waals surface area contributed by atoms with Crippen LogP contribution in [0, 0.1) is 0 Å². The van der Waals surface area contributed by atoms with Gasteiger partial charge in [0, 0.05) is 37.2 Å². The average molecular weight is 398 g/mol. The fraction of sp³-hybridized carbons (Fsp3) is 0.591. The van der Waals surface area contributed by atoms with E-state index in [1.54, 1.807) is 20.2 Å². The summed E-state index contributed by atoms with van der Waals surface area (Å²) >= 11 is 0. The summed E-state index contributed by atoms with van der Waals surface area (Å²) in [6.45, 7) is 7.23. The lowest BCUT2D eigenvalue weighted by Crippen LogP contribution is -2.49. The summed E-state index contributed by atoms with van der Waals surface area (Å²) in [4.78, 5) is 21.8. The Labute approximate surface area is 172 Å². The molecule has 0 radical (unpaired) electrons. The fourth-order valence-corrected chi connectivity index (χ4v) is 4.61. The highest BCUT2D eigenvalue weighted by Gasteiger charge is 2.31. The summed E-state index contributed by atoms with van der Waals surface area (Å²) in [6.07, 6.45) is 5.95. The Bertz CT molecular complexity index is 805. The number of aromatic amines is 1. The van der Waals surface area contributed by atoms with Crippen LogP contribution < -0.4 is 0 Å². The summed E-state index contributed by atoms with van der Waals surface area (Å²) in [5, 5.41) is 17.1. The molecule has 1 amide bonds. The number of likely N-dealkylation sites (tertiary alicyclic amines) is 2. The van der Waals surface area contributed by atoms with Gasteiger partial charge in [0.05, 0.1) is 5.60 Å². The van der Waals surface area contributed by atoms with Gasteiger partial charge >= 0.3 is 0 Å². The smallest absolute Gasteiger partial charge is 0.253 e. The highest BCUT2D eigenvalue weighted by Crippen LogP contribution is 2.28. The van der Waals surface area contributed by atoms with Crippen molar-refractivity contribution >= 4 is 5.91 Å². The highest BCUT2D eigenvalue weighted by atomic mass is 16.3. The molecular formula is C22H31N5O2. The third kappa shape index (κ3) is 4.51. The van der Waals surface area contributed by atoms with Gasteiger partial charge in [-0.15, -0.1) is 0 Å². The zero-order valence-corrected chi connectivity index (χ0v) is 17.3. The van der Waals surface area contributed by atoms with Crippen molar-refractivity contribution in [3.8, 4) is 0 Å². The predicted octanol–water partition coefficient (Wildman–Crippen LogP) is 2.52. The van der Waals surface area contributed by atoms with E-state index in [1.165, 1.54) is 6.42 Å². The van der Waals surface area contributed by atoms with Crippen LogP contribution in [0.2, 0.25) is 0 Å². The topological polar surface area (TPSA) is 85.3 Å². The lowest BCUT2D eigenvalue weighted by atomic mass is 9.93. The van der Waals surface area contributed by atoms with E-state index in [1.807, 2.05) is 29.2 Å². The largest absolute Gasteiger partial charge is 0.386 e. The molecule has 29 heavy (non-hydrogen) atoms. The Kier molecular flexibility index (Phi) is 5.69. The predicted molar refractivity (Wildman–Crippen MR) is 111 cm³/mol. The van der Waals surface area contributed by atoms with Gasteiger partial charge in [-0.1, -0.05) is 12.1 Å². The lowest BCUT2D eigenvalue weighted by molar-refractivity contribution is 0.0567. The maximum Gasteiger partial charge on any atom is 0.253 e. The van der Waals surface area contributed by atoms with E-state index in [9.17, 15) is 9.90 Å². The Hall–Kier alpha value is -2.25. The van der Waals surface area contributed by atoms with Gasteiger partial charge in [-0.05, 0) is 63.8 Å². The second kappa shape index (κ2) is 8.24. The molecule has 2 fully saturated rings. The quantitative estimate of drug-likeness (QED) is 0.828. The van der Waals surface area contributed by atoms with E-state index in [4.69, 9.17) is 0 Å². The maximum atomic E-state index is 12.9. The van der Waals surface area contributed by atoms with Gasteiger partial charge < -0.3 is 10.0 Å². The summed E-state index contributed by atoms with van der Waals surface area (Å²) in [6, 6.07) is 7.87. The lowest BCUT2D eigenvalue weighted by Gasteiger charge is -2.42. The van der Waals surface area contributed by atoms with Gasteiger partial charge in [0.1, 0.15) is 12.2 Å². The van der Waals surface area contributed by atoms with Crippen LogP contribution in [-0.2, 0) is 5.60 Å². The van der Waals surface area contributed by atoms with Crippen LogP contribution in [0.25, 0.3) is 0 Å². The van der Waals surface area contributed by atoms with E-state index >= 15 is 0 Å². The zero-order valence-electron chi connectivity index (χ0n) is 17.3. The van der Waals surface area contributed by atoms with Crippen molar-refractivity contribution in [2.45, 2.75) is 57.1 Å². The monoisotopic (exact) mass is 397 g/mol. The van der Waals surface area contributed by atoms with E-state index in [2.05, 4.69) is 20.1 Å². The first-order valence-corrected chi connectivity index (χ1v) is 10.6. The number of benzene rings is 1. The average Bonchev–Trinajstić information content (AvgIpc) is 3.28. The van der Waals surface area contributed by atoms with E-state index in [0.29, 0.717) is 17.5 Å². The minimum Gasteiger partial charge on any atom is -0.386 e. The fourth-order valence-electron chi connectivity index (χ4n) is 4.61. The van der Waals surface area contributed by atoms with Crippen molar-refractivity contribution < 1.29 is 9.90 Å². The highest BCUT2D eigenvalue weighted by molar-refractivity contribution is 5.94. The number of nitrogens with one attached hydrogen (secondary N) is 1. The molecule has 3 heterocycles. The Morgan fingerprint density at radius 3 is 2.48 bits per heavy atom. The van der Waals surface area contributed by atoms with Crippen LogP contribution in [0.1, 0.15) is 67.2 Å². The van der Waals surface area contributed by atoms with Gasteiger partial charge in [-0.25, -0.2) is 4.98 Å². The van der Waals surface area contributed by atoms with Crippen molar-refractivity contribution in [1.82, 2.24) is 25.0 Å². The second-order valence-electron chi connectivity index (χ2n) is 8.86. The number of rotatable bonds is 4. The van der Waals surface area contributed by atoms with Crippen molar-refractivity contribution in [3.63, 3.8) is 0 Å². The third-order valence-corrected chi connectivity index (χ3v) is 6.38. The van der Waals surface area contributed by atoms with E-state index < -0.39 is 5.60 Å². The Morgan fingerprint density at radius 2 is 1.86 bits per heavy atom. The molecule has 2 aliphatic heterocycles. The van der Waals surface area contributed by atoms with Gasteiger partial charge in [0.15, 0.2) is 0 Å². The van der Waals surface area contributed by atoms with Crippen LogP contribution in [0.5, 0.6) is 0 Å². The first kappa shape index (κ1) is 20.0. The van der Waals surface area contributed by atoms with Gasteiger partial charge in [0.2, 0.25) is 0 Å². The molecule has 1 aromatic heterocycles. The zero-order chi connectivity index (χ0) is 20.4. The summed E-state index contributed by atoms with van der Waals surface area (Å²) in [7, 11) is 0. The molecular weight excluding hydrogens is 366 g/mol. The molecule has 7 heteroatoms. The Balaban J connectivity index is 1.32. The molecule has 4 rings (SSSR count). The van der Waals surface area contributed by atoms with Crippen LogP contribution >= 0.6 is 0 Å². The summed E-state index contributed by atoms with van der Waals surface area (Å²) in [5.41, 5.74) is 0.622. The molecule has 1 atom stereocenters. The van der Waals surface area contributed by atoms with Crippen molar-refractivity contribution in [2.24, 2.45) is 0 Å². The molecule has 1 unspecified atom stereocenters. The van der Waals surface area contributed by atoms with Crippen molar-refractivity contribution in [3.05, 3.63) is 47.5 Å². The molecule has 2 aliphatic rings. The van der Waals surface area contributed by atoms with Crippen LogP contribution in [0.15, 0.2) is 30.6 Å². The van der Waals surface area contributed by atoms with Crippen molar-refractivity contribution in [2.75, 3.05) is 26.2 Å². The standard InChI is InChI=1S/C22H31N5O2/c1-22(2,29)18-7-5-16(6-8-18)21(28)26-12-9-19(10-13-26)27-11-3-4-17(14-27)20-23-15-24-25-20/h5-8,15,17,19,29H,3-4,9-14H2,1-2H3,(H,23,24,25). The van der Waals surface area contributed by atoms with Crippen LogP contribution in [0.4, 0.5) is 0 Å². The SMILES string of the molecule is CC(C)(O)c1ccc(C(=O)N2CCC(N3CCCC(c4ncn[nH]4)C3)CC2)cc1. The molecule has 7 nitrogen and oxygen atoms in total. The molecule has 0 bridgehead atoms. The molecule has 156 valence electrons. The molecule has 0 aliphatic carbocycles. The Morgan fingerprint density at radius 1 is 1.14 bits per heavy atom. The van der Waals surface area contributed by atoms with Crippen LogP contribution in [0.3, 0.4) is 0 Å². The number of H-pyrrole nitrogens is 1. The number of aliphatic hydroxyl groups is 1. The van der Waals surface area contributed by atoms with Crippen LogP contribution in [-0.4, -0.2) is 68.2 Å². The first-order valence-electron chi connectivity index (χ1n) is 10.6. The number of piperidine rings is 2. The van der Waals surface area contributed by atoms with Gasteiger partial charge in [-0.3, -0.25) is 14.8 Å². The summed E-state index contributed by atoms with van der Waals surface area (Å²) in [5.74, 6) is 1.51. The van der Waals surface area contributed by atoms with Crippen molar-refractivity contribution in [1.29, 1.82) is 0 Å². The van der Waals surface area contributed by atoms with Gasteiger partial charge in [0.25, 0.3) is 5.91 Å². The molecule has 2 N–H and O–H groups in total. The number of hydrogen-bond donors (Lipinski definition) is 2. The van der Waals surface area contributed by atoms with E-state index in [0.717, 1.165) is 56.8 Å². The minimum absolute atomic E-state index is 0.0870. The molecule has 0 spiro atoms. The first-order chi connectivity index (χ1) is 13.9. The molecule has 2 saturated heterocycles. The van der Waals surface area contributed by atoms with E-state index in [-0.39, 0.29) is 5.91 Å². The number of carbonyl (C=O) groups excluding carboxylic acids is 1.